The van der Waals surface area contributed by atoms with Gasteiger partial charge in [-0.05, 0) is 85.8 Å². The number of aromatic nitrogens is 9. The van der Waals surface area contributed by atoms with Crippen LogP contribution in [-0.2, 0) is 0 Å². The molecule has 13 aromatic rings. The fourth-order valence-electron chi connectivity index (χ4n) is 10.0. The Morgan fingerprint density at radius 1 is 0.443 bits per heavy atom. The summed E-state index contributed by atoms with van der Waals surface area (Å²) < 4.78 is 6.74. The molecule has 0 aliphatic heterocycles. The summed E-state index contributed by atoms with van der Waals surface area (Å²) in [5.74, 6) is 1.76. The van der Waals surface area contributed by atoms with Gasteiger partial charge < -0.3 is 9.13 Å². The monoisotopic (exact) mass is 899 g/mol. The summed E-state index contributed by atoms with van der Waals surface area (Å²) >= 11 is 0. The average molecular weight is 900 g/mol. The summed E-state index contributed by atoms with van der Waals surface area (Å²) in [7, 11) is 0. The third-order valence-electron chi connectivity index (χ3n) is 13.1. The minimum absolute atomic E-state index is 0.544. The summed E-state index contributed by atoms with van der Waals surface area (Å²) in [6.45, 7) is 6.37. The lowest BCUT2D eigenvalue weighted by Crippen LogP contribution is -2.06. The van der Waals surface area contributed by atoms with Crippen molar-refractivity contribution in [2.45, 2.75) is 6.92 Å². The van der Waals surface area contributed by atoms with Gasteiger partial charge in [0.2, 0.25) is 5.95 Å². The molecule has 9 nitrogen and oxygen atoms in total. The maximum absolute atomic E-state index is 5.27. The molecule has 0 N–H and O–H groups in total. The molecule has 0 bridgehead atoms. The van der Waals surface area contributed by atoms with Crippen molar-refractivity contribution < 1.29 is 0 Å². The minimum Gasteiger partial charge on any atom is -0.309 e. The van der Waals surface area contributed by atoms with Crippen molar-refractivity contribution in [1.29, 1.82) is 0 Å². The van der Waals surface area contributed by atoms with Crippen LogP contribution in [0.25, 0.3) is 129 Å². The van der Waals surface area contributed by atoms with Crippen LogP contribution in [0.3, 0.4) is 0 Å². The summed E-state index contributed by atoms with van der Waals surface area (Å²) in [5, 5.41) is 4.28. The highest BCUT2D eigenvalue weighted by molar-refractivity contribution is 6.11. The van der Waals surface area contributed by atoms with Gasteiger partial charge in [0.05, 0.1) is 62.6 Å². The van der Waals surface area contributed by atoms with Crippen molar-refractivity contribution >= 4 is 66.8 Å². The van der Waals surface area contributed by atoms with Crippen molar-refractivity contribution in [3.05, 3.63) is 224 Å². The number of fused-ring (bicyclic) bond motifs is 7. The number of rotatable bonds is 9. The molecule has 0 aliphatic carbocycles. The fraction of sp³-hybridized carbons (Fsp3) is 0.0164. The van der Waals surface area contributed by atoms with Gasteiger partial charge in [0.25, 0.3) is 0 Å². The Morgan fingerprint density at radius 2 is 1.03 bits per heavy atom. The van der Waals surface area contributed by atoms with Gasteiger partial charge in [-0.15, -0.1) is 0 Å². The molecule has 0 spiro atoms. The number of allylic oxidation sites excluding steroid dienone is 1. The third-order valence-corrected chi connectivity index (χ3v) is 13.1. The van der Waals surface area contributed by atoms with Gasteiger partial charge in [0.15, 0.2) is 11.6 Å². The number of benzene rings is 7. The first-order valence-corrected chi connectivity index (χ1v) is 23.3. The highest BCUT2D eigenvalue weighted by Crippen LogP contribution is 2.39. The largest absolute Gasteiger partial charge is 0.309 e. The molecule has 70 heavy (non-hydrogen) atoms. The summed E-state index contributed by atoms with van der Waals surface area (Å²) in [6.07, 6.45) is 11.7. The number of para-hydroxylation sites is 2. The Labute approximate surface area is 402 Å². The summed E-state index contributed by atoms with van der Waals surface area (Å²) in [6, 6.07) is 62.7. The first-order valence-electron chi connectivity index (χ1n) is 23.3. The second kappa shape index (κ2) is 16.6. The van der Waals surface area contributed by atoms with Crippen LogP contribution < -0.4 is 0 Å². The standard InChI is InChI=1S/C61H41N9/c1-3-17-52-45(4-2)47-34-41(27-30-54(47)69(52)44-29-32-56-49(36-44)58-57(26-16-33-63-58)68(56)43-22-12-7-13-23-43)50-37-62-38-51(64-50)42-28-31-55-48(35-42)46-24-14-15-25-53(46)70(55)61-66-59(39-18-8-5-9-19-39)65-60(67-61)40-20-10-6-11-21-40/h3-38H,2H2,1H3/b17-3-. The Bertz CT molecular complexity index is 4150. The van der Waals surface area contributed by atoms with Crippen LogP contribution in [0.1, 0.15) is 18.2 Å². The van der Waals surface area contributed by atoms with E-state index in [1.807, 2.05) is 104 Å². The number of hydrogen-bond donors (Lipinski definition) is 0. The maximum Gasteiger partial charge on any atom is 0.238 e. The normalized spacial score (nSPS) is 11.8. The van der Waals surface area contributed by atoms with Crippen LogP contribution in [0.2, 0.25) is 0 Å². The highest BCUT2D eigenvalue weighted by Gasteiger charge is 2.21. The Kier molecular flexibility index (Phi) is 9.65. The molecule has 0 aliphatic rings. The molecule has 330 valence electrons. The molecular weight excluding hydrogens is 859 g/mol. The molecule has 0 saturated carbocycles. The quantitative estimate of drug-likeness (QED) is 0.143. The molecule has 0 radical (unpaired) electrons. The molecule has 13 rings (SSSR count). The molecule has 0 amide bonds. The van der Waals surface area contributed by atoms with Gasteiger partial charge >= 0.3 is 0 Å². The molecule has 0 saturated heterocycles. The van der Waals surface area contributed by atoms with Crippen LogP contribution in [0.15, 0.2) is 213 Å². The zero-order valence-electron chi connectivity index (χ0n) is 38.0. The molecule has 0 unspecified atom stereocenters. The van der Waals surface area contributed by atoms with Crippen LogP contribution >= 0.6 is 0 Å². The van der Waals surface area contributed by atoms with Crippen LogP contribution in [-0.4, -0.2) is 43.6 Å². The van der Waals surface area contributed by atoms with Gasteiger partial charge in [-0.3, -0.25) is 14.5 Å². The average Bonchev–Trinajstić information content (AvgIpc) is 4.06. The second-order valence-corrected chi connectivity index (χ2v) is 17.2. The van der Waals surface area contributed by atoms with Gasteiger partial charge in [0, 0.05) is 66.9 Å². The first-order chi connectivity index (χ1) is 34.6. The predicted octanol–water partition coefficient (Wildman–Crippen LogP) is 14.5. The van der Waals surface area contributed by atoms with Gasteiger partial charge in [-0.1, -0.05) is 128 Å². The number of hydrogen-bond acceptors (Lipinski definition) is 6. The van der Waals surface area contributed by atoms with Crippen LogP contribution in [0.4, 0.5) is 0 Å². The predicted molar refractivity (Wildman–Crippen MR) is 285 cm³/mol. The summed E-state index contributed by atoms with van der Waals surface area (Å²) in [4.78, 5) is 30.1. The number of pyridine rings is 1. The lowest BCUT2D eigenvalue weighted by atomic mass is 10.0. The van der Waals surface area contributed by atoms with E-state index in [0.717, 1.165) is 111 Å². The smallest absolute Gasteiger partial charge is 0.238 e. The van der Waals surface area contributed by atoms with E-state index in [0.29, 0.717) is 17.6 Å². The van der Waals surface area contributed by atoms with Crippen molar-refractivity contribution in [1.82, 2.24) is 43.6 Å². The SMILES string of the molecule is C=Cc1c(/C=C\C)n(-c2ccc3c(c2)c2ncccc2n3-c2ccccc2)c2ccc(-c3cncc(-c4ccc5c(c4)c4ccccc4n5-c4nc(-c5ccccc5)nc(-c5ccccc5)n4)n3)cc12. The summed E-state index contributed by atoms with van der Waals surface area (Å²) in [5.41, 5.74) is 15.6. The van der Waals surface area contributed by atoms with E-state index in [4.69, 9.17) is 29.9 Å². The zero-order valence-corrected chi connectivity index (χ0v) is 38.0. The molecular formula is C61H41N9. The van der Waals surface area contributed by atoms with Crippen LogP contribution in [0, 0.1) is 0 Å². The van der Waals surface area contributed by atoms with E-state index in [1.54, 1.807) is 0 Å². The van der Waals surface area contributed by atoms with E-state index in [-0.39, 0.29) is 0 Å². The first kappa shape index (κ1) is 40.7. The van der Waals surface area contributed by atoms with Crippen molar-refractivity contribution in [3.63, 3.8) is 0 Å². The topological polar surface area (TPSA) is 92.1 Å². The highest BCUT2D eigenvalue weighted by atomic mass is 15.2. The lowest BCUT2D eigenvalue weighted by molar-refractivity contribution is 0.953. The molecule has 6 aromatic heterocycles. The van der Waals surface area contributed by atoms with Crippen LogP contribution in [0.5, 0.6) is 0 Å². The Hall–Kier alpha value is -9.60. The third kappa shape index (κ3) is 6.63. The fourth-order valence-corrected chi connectivity index (χ4v) is 10.0. The van der Waals surface area contributed by atoms with Gasteiger partial charge in [-0.25, -0.2) is 9.97 Å². The second-order valence-electron chi connectivity index (χ2n) is 17.2. The Morgan fingerprint density at radius 3 is 1.71 bits per heavy atom. The maximum atomic E-state index is 5.27. The molecule has 9 heteroatoms. The molecule has 6 heterocycles. The lowest BCUT2D eigenvalue weighted by Gasteiger charge is -2.11. The number of nitrogens with zero attached hydrogens (tertiary/aromatic N) is 9. The molecule has 0 fully saturated rings. The van der Waals surface area contributed by atoms with E-state index >= 15 is 0 Å². The molecule has 0 atom stereocenters. The van der Waals surface area contributed by atoms with E-state index in [9.17, 15) is 0 Å². The van der Waals surface area contributed by atoms with E-state index in [1.165, 1.54) is 0 Å². The minimum atomic E-state index is 0.544. The van der Waals surface area contributed by atoms with Crippen molar-refractivity contribution in [2.75, 3.05) is 0 Å². The van der Waals surface area contributed by atoms with E-state index < -0.39 is 0 Å². The zero-order chi connectivity index (χ0) is 46.7. The Balaban J connectivity index is 0.914. The van der Waals surface area contributed by atoms with Gasteiger partial charge in [0.1, 0.15) is 0 Å². The van der Waals surface area contributed by atoms with Crippen molar-refractivity contribution in [3.8, 4) is 62.6 Å². The van der Waals surface area contributed by atoms with E-state index in [2.05, 4.69) is 142 Å². The van der Waals surface area contributed by atoms with Crippen molar-refractivity contribution in [2.24, 2.45) is 0 Å². The van der Waals surface area contributed by atoms with Gasteiger partial charge in [-0.2, -0.15) is 9.97 Å². The molecule has 7 aromatic carbocycles.